The fraction of sp³-hybridized carbons (Fsp3) is 0.917. The molecular formula is C12H24N2OS. The lowest BCUT2D eigenvalue weighted by Crippen LogP contribution is -2.36. The SMILES string of the molecule is CCC[C@@H]1CN(C(=O)CSC)C[C@H]1N(C)C. The van der Waals surface area contributed by atoms with E-state index in [1.165, 1.54) is 12.8 Å². The second kappa shape index (κ2) is 6.50. The molecular weight excluding hydrogens is 220 g/mol. The predicted octanol–water partition coefficient (Wildman–Crippen LogP) is 1.54. The molecule has 1 amide bonds. The van der Waals surface area contributed by atoms with Gasteiger partial charge in [0.2, 0.25) is 5.91 Å². The fourth-order valence-electron chi connectivity index (χ4n) is 2.51. The summed E-state index contributed by atoms with van der Waals surface area (Å²) in [6, 6.07) is 0.547. The van der Waals surface area contributed by atoms with Crippen molar-refractivity contribution in [1.29, 1.82) is 0 Å². The van der Waals surface area contributed by atoms with E-state index in [0.29, 0.717) is 23.6 Å². The normalized spacial score (nSPS) is 25.4. The Morgan fingerprint density at radius 2 is 2.12 bits per heavy atom. The van der Waals surface area contributed by atoms with Gasteiger partial charge in [-0.2, -0.15) is 11.8 Å². The quantitative estimate of drug-likeness (QED) is 0.733. The van der Waals surface area contributed by atoms with Crippen molar-refractivity contribution in [2.24, 2.45) is 5.92 Å². The number of likely N-dealkylation sites (tertiary alicyclic amines) is 1. The highest BCUT2D eigenvalue weighted by molar-refractivity contribution is 7.99. The highest BCUT2D eigenvalue weighted by atomic mass is 32.2. The topological polar surface area (TPSA) is 23.6 Å². The Morgan fingerprint density at radius 1 is 1.44 bits per heavy atom. The number of thioether (sulfide) groups is 1. The minimum Gasteiger partial charge on any atom is -0.340 e. The monoisotopic (exact) mass is 244 g/mol. The van der Waals surface area contributed by atoms with Crippen LogP contribution in [0.4, 0.5) is 0 Å². The maximum absolute atomic E-state index is 11.8. The van der Waals surface area contributed by atoms with Crippen molar-refractivity contribution in [3.05, 3.63) is 0 Å². The van der Waals surface area contributed by atoms with E-state index in [4.69, 9.17) is 0 Å². The minimum atomic E-state index is 0.304. The predicted molar refractivity (Wildman–Crippen MR) is 70.8 cm³/mol. The van der Waals surface area contributed by atoms with Gasteiger partial charge in [0.15, 0.2) is 0 Å². The molecule has 0 bridgehead atoms. The number of likely N-dealkylation sites (N-methyl/N-ethyl adjacent to an activating group) is 1. The van der Waals surface area contributed by atoms with Gasteiger partial charge in [-0.1, -0.05) is 13.3 Å². The number of nitrogens with zero attached hydrogens (tertiary/aromatic N) is 2. The van der Waals surface area contributed by atoms with E-state index in [1.54, 1.807) is 11.8 Å². The molecule has 0 spiro atoms. The van der Waals surface area contributed by atoms with Crippen LogP contribution in [0.2, 0.25) is 0 Å². The molecule has 1 rings (SSSR count). The van der Waals surface area contributed by atoms with Crippen LogP contribution >= 0.6 is 11.8 Å². The molecule has 16 heavy (non-hydrogen) atoms. The van der Waals surface area contributed by atoms with Crippen LogP contribution in [0, 0.1) is 5.92 Å². The van der Waals surface area contributed by atoms with Gasteiger partial charge in [0.25, 0.3) is 0 Å². The summed E-state index contributed by atoms with van der Waals surface area (Å²) in [7, 11) is 4.24. The van der Waals surface area contributed by atoms with E-state index < -0.39 is 0 Å². The zero-order valence-corrected chi connectivity index (χ0v) is 11.7. The number of amides is 1. The maximum Gasteiger partial charge on any atom is 0.232 e. The first-order valence-electron chi connectivity index (χ1n) is 6.03. The van der Waals surface area contributed by atoms with Gasteiger partial charge in [0, 0.05) is 19.1 Å². The molecule has 1 aliphatic rings. The Morgan fingerprint density at radius 3 is 2.62 bits per heavy atom. The summed E-state index contributed by atoms with van der Waals surface area (Å²) in [4.78, 5) is 16.2. The first-order valence-corrected chi connectivity index (χ1v) is 7.42. The van der Waals surface area contributed by atoms with Crippen molar-refractivity contribution in [3.8, 4) is 0 Å². The van der Waals surface area contributed by atoms with Gasteiger partial charge in [-0.15, -0.1) is 0 Å². The van der Waals surface area contributed by atoms with Gasteiger partial charge in [-0.25, -0.2) is 0 Å². The molecule has 2 atom stereocenters. The number of carbonyl (C=O) groups excluding carboxylic acids is 1. The van der Waals surface area contributed by atoms with Gasteiger partial charge in [-0.3, -0.25) is 4.79 Å². The van der Waals surface area contributed by atoms with Crippen LogP contribution in [-0.4, -0.2) is 60.9 Å². The van der Waals surface area contributed by atoms with E-state index in [0.717, 1.165) is 13.1 Å². The lowest BCUT2D eigenvalue weighted by Gasteiger charge is -2.24. The van der Waals surface area contributed by atoms with Crippen LogP contribution in [0.15, 0.2) is 0 Å². The third-order valence-electron chi connectivity index (χ3n) is 3.35. The number of carbonyl (C=O) groups is 1. The lowest BCUT2D eigenvalue weighted by molar-refractivity contribution is -0.127. The second-order valence-corrected chi connectivity index (χ2v) is 5.68. The minimum absolute atomic E-state index is 0.304. The molecule has 0 N–H and O–H groups in total. The van der Waals surface area contributed by atoms with Crippen molar-refractivity contribution in [2.45, 2.75) is 25.8 Å². The number of hydrogen-bond acceptors (Lipinski definition) is 3. The summed E-state index contributed by atoms with van der Waals surface area (Å²) in [5, 5.41) is 0. The first kappa shape index (κ1) is 13.8. The lowest BCUT2D eigenvalue weighted by atomic mass is 9.98. The first-order chi connectivity index (χ1) is 7.60. The zero-order valence-electron chi connectivity index (χ0n) is 10.9. The van der Waals surface area contributed by atoms with E-state index in [2.05, 4.69) is 25.9 Å². The van der Waals surface area contributed by atoms with Crippen molar-refractivity contribution in [3.63, 3.8) is 0 Å². The molecule has 1 heterocycles. The Labute approximate surface area is 104 Å². The molecule has 0 aromatic rings. The molecule has 0 saturated carbocycles. The van der Waals surface area contributed by atoms with Crippen LogP contribution in [0.1, 0.15) is 19.8 Å². The third-order valence-corrected chi connectivity index (χ3v) is 3.89. The third kappa shape index (κ3) is 3.39. The molecule has 0 aromatic carbocycles. The Bertz CT molecular complexity index is 233. The van der Waals surface area contributed by atoms with Crippen LogP contribution in [0.5, 0.6) is 0 Å². The molecule has 1 fully saturated rings. The second-order valence-electron chi connectivity index (χ2n) is 4.81. The Balaban J connectivity index is 2.57. The average Bonchev–Trinajstić information content (AvgIpc) is 2.63. The van der Waals surface area contributed by atoms with E-state index in [1.807, 2.05) is 11.2 Å². The fourth-order valence-corrected chi connectivity index (χ4v) is 2.94. The molecule has 0 aliphatic carbocycles. The Kier molecular flexibility index (Phi) is 5.62. The number of hydrogen-bond donors (Lipinski definition) is 0. The van der Waals surface area contributed by atoms with Crippen LogP contribution < -0.4 is 0 Å². The summed E-state index contributed by atoms with van der Waals surface area (Å²) < 4.78 is 0. The van der Waals surface area contributed by atoms with Gasteiger partial charge in [-0.05, 0) is 32.7 Å². The van der Waals surface area contributed by atoms with Crippen LogP contribution in [-0.2, 0) is 4.79 Å². The van der Waals surface area contributed by atoms with E-state index in [-0.39, 0.29) is 0 Å². The van der Waals surface area contributed by atoms with Crippen LogP contribution in [0.3, 0.4) is 0 Å². The Hall–Kier alpha value is -0.220. The standard InChI is InChI=1S/C12H24N2OS/c1-5-6-10-7-14(12(15)9-16-4)8-11(10)13(2)3/h10-11H,5-9H2,1-4H3/t10-,11-/m1/s1. The maximum atomic E-state index is 11.8. The molecule has 1 aliphatic heterocycles. The van der Waals surface area contributed by atoms with E-state index in [9.17, 15) is 4.79 Å². The van der Waals surface area contributed by atoms with Crippen molar-refractivity contribution < 1.29 is 4.79 Å². The summed E-state index contributed by atoms with van der Waals surface area (Å²) in [5.74, 6) is 1.59. The highest BCUT2D eigenvalue weighted by Gasteiger charge is 2.35. The smallest absolute Gasteiger partial charge is 0.232 e. The molecule has 94 valence electrons. The van der Waals surface area contributed by atoms with Crippen molar-refractivity contribution in [1.82, 2.24) is 9.80 Å². The molecule has 1 saturated heterocycles. The summed E-state index contributed by atoms with van der Waals surface area (Å²) in [6.07, 6.45) is 4.42. The van der Waals surface area contributed by atoms with Gasteiger partial charge >= 0.3 is 0 Å². The average molecular weight is 244 g/mol. The zero-order chi connectivity index (χ0) is 12.1. The van der Waals surface area contributed by atoms with Crippen molar-refractivity contribution >= 4 is 17.7 Å². The number of rotatable bonds is 5. The van der Waals surface area contributed by atoms with Gasteiger partial charge < -0.3 is 9.80 Å². The van der Waals surface area contributed by atoms with Gasteiger partial charge in [0.1, 0.15) is 0 Å². The molecule has 0 unspecified atom stereocenters. The van der Waals surface area contributed by atoms with E-state index >= 15 is 0 Å². The molecule has 3 nitrogen and oxygen atoms in total. The molecule has 0 radical (unpaired) electrons. The van der Waals surface area contributed by atoms with Crippen molar-refractivity contribution in [2.75, 3.05) is 39.2 Å². The summed E-state index contributed by atoms with van der Waals surface area (Å²) in [5.41, 5.74) is 0. The van der Waals surface area contributed by atoms with Crippen LogP contribution in [0.25, 0.3) is 0 Å². The summed E-state index contributed by atoms with van der Waals surface area (Å²) >= 11 is 1.62. The van der Waals surface area contributed by atoms with Gasteiger partial charge in [0.05, 0.1) is 5.75 Å². The largest absolute Gasteiger partial charge is 0.340 e. The highest BCUT2D eigenvalue weighted by Crippen LogP contribution is 2.25. The molecule has 4 heteroatoms. The molecule has 0 aromatic heterocycles. The summed E-state index contributed by atoms with van der Waals surface area (Å²) in [6.45, 7) is 4.09.